The lowest BCUT2D eigenvalue weighted by Crippen LogP contribution is -1.93. The van der Waals surface area contributed by atoms with Gasteiger partial charge in [-0.1, -0.05) is 6.07 Å². The molecule has 1 aromatic carbocycles. The van der Waals surface area contributed by atoms with Gasteiger partial charge in [-0.15, -0.1) is 0 Å². The summed E-state index contributed by atoms with van der Waals surface area (Å²) in [6.45, 7) is 0. The van der Waals surface area contributed by atoms with Crippen LogP contribution in [-0.4, -0.2) is 9.97 Å². The van der Waals surface area contributed by atoms with Crippen LogP contribution in [0.5, 0.6) is 0 Å². The van der Waals surface area contributed by atoms with Gasteiger partial charge in [-0.2, -0.15) is 0 Å². The lowest BCUT2D eigenvalue weighted by atomic mass is 10.1. The summed E-state index contributed by atoms with van der Waals surface area (Å²) in [5, 5.41) is 0. The fraction of sp³-hybridized carbons (Fsp3) is 0.250. The molecule has 0 radical (unpaired) electrons. The Bertz CT molecular complexity index is 509. The second kappa shape index (κ2) is 3.40. The zero-order valence-electron chi connectivity index (χ0n) is 8.50. The Labute approximate surface area is 91.3 Å². The minimum atomic E-state index is -0.550. The largest absolute Gasteiger partial charge is 0.344 e. The smallest absolute Gasteiger partial charge is 0.135 e. The quantitative estimate of drug-likeness (QED) is 0.826. The number of hydrogen-bond acceptors (Lipinski definition) is 1. The highest BCUT2D eigenvalue weighted by atomic mass is 19.1. The molecule has 82 valence electrons. The highest BCUT2D eigenvalue weighted by Crippen LogP contribution is 2.43. The summed E-state index contributed by atoms with van der Waals surface area (Å²) in [5.41, 5.74) is 1.27. The van der Waals surface area contributed by atoms with Crippen molar-refractivity contribution in [1.29, 1.82) is 0 Å². The van der Waals surface area contributed by atoms with Gasteiger partial charge in [0, 0.05) is 5.92 Å². The van der Waals surface area contributed by atoms with E-state index in [4.69, 9.17) is 0 Å². The maximum absolute atomic E-state index is 13.6. The number of hydrogen-bond donors (Lipinski definition) is 1. The Kier molecular flexibility index (Phi) is 2.02. The van der Waals surface area contributed by atoms with Crippen LogP contribution >= 0.6 is 0 Å². The lowest BCUT2D eigenvalue weighted by molar-refractivity contribution is 0.588. The number of aromatic nitrogens is 2. The molecule has 4 heteroatoms. The first-order valence-corrected chi connectivity index (χ1v) is 5.25. The van der Waals surface area contributed by atoms with E-state index in [-0.39, 0.29) is 5.56 Å². The molecule has 1 aromatic heterocycles. The fourth-order valence-corrected chi connectivity index (χ4v) is 1.91. The number of benzene rings is 1. The fourth-order valence-electron chi connectivity index (χ4n) is 1.91. The van der Waals surface area contributed by atoms with E-state index < -0.39 is 11.6 Å². The Morgan fingerprint density at radius 1 is 1.19 bits per heavy atom. The maximum atomic E-state index is 13.6. The molecular weight excluding hydrogens is 210 g/mol. The molecule has 2 nitrogen and oxygen atoms in total. The molecule has 0 spiro atoms. The summed E-state index contributed by atoms with van der Waals surface area (Å²) in [5.74, 6) is -0.738. The normalized spacial score (nSPS) is 15.4. The van der Waals surface area contributed by atoms with Crippen LogP contribution in [0.3, 0.4) is 0 Å². The van der Waals surface area contributed by atoms with Crippen molar-refractivity contribution in [3.63, 3.8) is 0 Å². The van der Waals surface area contributed by atoms with E-state index in [0.29, 0.717) is 11.6 Å². The van der Waals surface area contributed by atoms with Gasteiger partial charge in [0.05, 0.1) is 23.3 Å². The predicted octanol–water partition coefficient (Wildman–Crippen LogP) is 3.23. The van der Waals surface area contributed by atoms with Crippen molar-refractivity contribution in [2.75, 3.05) is 0 Å². The van der Waals surface area contributed by atoms with E-state index in [1.54, 1.807) is 0 Å². The van der Waals surface area contributed by atoms with Crippen molar-refractivity contribution in [3.8, 4) is 11.3 Å². The molecular formula is C12H10F2N2. The number of nitrogens with zero attached hydrogens (tertiary/aromatic N) is 1. The number of rotatable bonds is 2. The summed E-state index contributed by atoms with van der Waals surface area (Å²) in [7, 11) is 0. The van der Waals surface area contributed by atoms with E-state index in [2.05, 4.69) is 9.97 Å². The van der Waals surface area contributed by atoms with E-state index in [9.17, 15) is 8.78 Å². The second-order valence-corrected chi connectivity index (χ2v) is 4.03. The summed E-state index contributed by atoms with van der Waals surface area (Å²) in [6.07, 6.45) is 3.59. The summed E-state index contributed by atoms with van der Waals surface area (Å²) in [6, 6.07) is 3.88. The van der Waals surface area contributed by atoms with Gasteiger partial charge in [-0.25, -0.2) is 13.8 Å². The van der Waals surface area contributed by atoms with Crippen LogP contribution in [0, 0.1) is 11.6 Å². The third-order valence-corrected chi connectivity index (χ3v) is 2.85. The monoisotopic (exact) mass is 220 g/mol. The Hall–Kier alpha value is -1.71. The van der Waals surface area contributed by atoms with Crippen LogP contribution in [0.4, 0.5) is 8.78 Å². The van der Waals surface area contributed by atoms with Crippen molar-refractivity contribution in [1.82, 2.24) is 9.97 Å². The van der Waals surface area contributed by atoms with Crippen LogP contribution in [-0.2, 0) is 0 Å². The molecule has 1 fully saturated rings. The lowest BCUT2D eigenvalue weighted by Gasteiger charge is -2.04. The maximum Gasteiger partial charge on any atom is 0.135 e. The van der Waals surface area contributed by atoms with Gasteiger partial charge in [0.2, 0.25) is 0 Å². The van der Waals surface area contributed by atoms with Crippen molar-refractivity contribution >= 4 is 0 Å². The first-order chi connectivity index (χ1) is 7.77. The molecule has 1 saturated carbocycles. The number of H-pyrrole nitrogens is 1. The van der Waals surface area contributed by atoms with Crippen molar-refractivity contribution in [2.45, 2.75) is 18.8 Å². The molecule has 16 heavy (non-hydrogen) atoms. The molecule has 0 atom stereocenters. The average molecular weight is 220 g/mol. The predicted molar refractivity (Wildman–Crippen MR) is 55.9 cm³/mol. The zero-order chi connectivity index (χ0) is 11.1. The zero-order valence-corrected chi connectivity index (χ0v) is 8.50. The molecule has 0 unspecified atom stereocenters. The van der Waals surface area contributed by atoms with Crippen LogP contribution < -0.4 is 0 Å². The summed E-state index contributed by atoms with van der Waals surface area (Å²) < 4.78 is 27.2. The van der Waals surface area contributed by atoms with Crippen LogP contribution in [0.1, 0.15) is 24.5 Å². The van der Waals surface area contributed by atoms with Crippen molar-refractivity contribution < 1.29 is 8.78 Å². The van der Waals surface area contributed by atoms with Gasteiger partial charge in [0.25, 0.3) is 0 Å². The highest BCUT2D eigenvalue weighted by molar-refractivity contribution is 5.64. The molecule has 3 rings (SSSR count). The third-order valence-electron chi connectivity index (χ3n) is 2.85. The van der Waals surface area contributed by atoms with Crippen molar-refractivity contribution in [3.05, 3.63) is 41.9 Å². The van der Waals surface area contributed by atoms with Crippen LogP contribution in [0.15, 0.2) is 24.5 Å². The first kappa shape index (κ1) is 9.51. The molecule has 1 aliphatic rings. The van der Waals surface area contributed by atoms with Gasteiger partial charge in [0.1, 0.15) is 11.6 Å². The molecule has 0 amide bonds. The topological polar surface area (TPSA) is 28.7 Å². The SMILES string of the molecule is Fc1cccc(F)c1-c1[nH]cnc1C1CC1. The van der Waals surface area contributed by atoms with E-state index in [1.807, 2.05) is 0 Å². The molecule has 0 saturated heterocycles. The van der Waals surface area contributed by atoms with Gasteiger partial charge < -0.3 is 4.98 Å². The molecule has 0 aliphatic heterocycles. The number of imidazole rings is 1. The number of nitrogens with one attached hydrogen (secondary N) is 1. The minimum Gasteiger partial charge on any atom is -0.344 e. The number of halogens is 2. The standard InChI is InChI=1S/C12H10F2N2/c13-8-2-1-3-9(14)10(8)12-11(7-4-5-7)15-6-16-12/h1-3,6-7H,4-5H2,(H,15,16). The Morgan fingerprint density at radius 2 is 1.88 bits per heavy atom. The highest BCUT2D eigenvalue weighted by Gasteiger charge is 2.30. The molecule has 1 N–H and O–H groups in total. The Balaban J connectivity index is 2.17. The Morgan fingerprint density at radius 3 is 2.50 bits per heavy atom. The molecule has 2 aromatic rings. The first-order valence-electron chi connectivity index (χ1n) is 5.25. The van der Waals surface area contributed by atoms with Gasteiger partial charge in [-0.3, -0.25) is 0 Å². The van der Waals surface area contributed by atoms with Crippen LogP contribution in [0.2, 0.25) is 0 Å². The molecule has 1 heterocycles. The number of aromatic amines is 1. The van der Waals surface area contributed by atoms with Gasteiger partial charge in [-0.05, 0) is 25.0 Å². The van der Waals surface area contributed by atoms with Gasteiger partial charge in [0.15, 0.2) is 0 Å². The van der Waals surface area contributed by atoms with E-state index in [0.717, 1.165) is 18.5 Å². The summed E-state index contributed by atoms with van der Waals surface area (Å²) >= 11 is 0. The van der Waals surface area contributed by atoms with E-state index >= 15 is 0 Å². The summed E-state index contributed by atoms with van der Waals surface area (Å²) in [4.78, 5) is 6.98. The molecule has 1 aliphatic carbocycles. The van der Waals surface area contributed by atoms with Crippen molar-refractivity contribution in [2.24, 2.45) is 0 Å². The second-order valence-electron chi connectivity index (χ2n) is 4.03. The average Bonchev–Trinajstić information content (AvgIpc) is 2.99. The minimum absolute atomic E-state index is 0.00176. The van der Waals surface area contributed by atoms with Gasteiger partial charge >= 0.3 is 0 Å². The van der Waals surface area contributed by atoms with Crippen LogP contribution in [0.25, 0.3) is 11.3 Å². The third kappa shape index (κ3) is 1.41. The van der Waals surface area contributed by atoms with E-state index in [1.165, 1.54) is 24.5 Å². The molecule has 0 bridgehead atoms.